The molecule has 5 heteroatoms. The number of alkyl halides is 3. The zero-order chi connectivity index (χ0) is 14.6. The van der Waals surface area contributed by atoms with Crippen LogP contribution in [0, 0.1) is 0 Å². The minimum atomic E-state index is -4.38. The maximum Gasteiger partial charge on any atom is 0.419 e. The molecule has 1 saturated carbocycles. The Morgan fingerprint density at radius 3 is 2.55 bits per heavy atom. The fourth-order valence-electron chi connectivity index (χ4n) is 2.47. The van der Waals surface area contributed by atoms with Crippen LogP contribution in [0.2, 0.25) is 0 Å². The van der Waals surface area contributed by atoms with Crippen molar-refractivity contribution in [3.63, 3.8) is 0 Å². The molecule has 0 spiro atoms. The van der Waals surface area contributed by atoms with Gasteiger partial charge in [-0.25, -0.2) is 0 Å². The van der Waals surface area contributed by atoms with Crippen molar-refractivity contribution in [3.8, 4) is 5.75 Å². The Bertz CT molecular complexity index is 439. The Hall–Kier alpha value is -1.23. The molecule has 1 aliphatic rings. The topological polar surface area (TPSA) is 21.3 Å². The van der Waals surface area contributed by atoms with E-state index >= 15 is 0 Å². The van der Waals surface area contributed by atoms with E-state index in [4.69, 9.17) is 4.74 Å². The van der Waals surface area contributed by atoms with Gasteiger partial charge in [0.1, 0.15) is 5.75 Å². The van der Waals surface area contributed by atoms with Gasteiger partial charge in [-0.1, -0.05) is 13.0 Å². The average molecular weight is 287 g/mol. The first kappa shape index (κ1) is 15.2. The monoisotopic (exact) mass is 287 g/mol. The van der Waals surface area contributed by atoms with E-state index in [0.717, 1.165) is 32.2 Å². The second-order valence-corrected chi connectivity index (χ2v) is 5.13. The lowest BCUT2D eigenvalue weighted by molar-refractivity contribution is -0.139. The SMILES string of the molecule is CCNCc1ccc(OC2CCCC2)c(C(F)(F)F)c1. The Labute approximate surface area is 117 Å². The lowest BCUT2D eigenvalue weighted by atomic mass is 10.1. The van der Waals surface area contributed by atoms with Crippen molar-refractivity contribution in [1.82, 2.24) is 5.32 Å². The molecule has 1 fully saturated rings. The number of hydrogen-bond donors (Lipinski definition) is 1. The number of benzene rings is 1. The predicted molar refractivity (Wildman–Crippen MR) is 71.7 cm³/mol. The van der Waals surface area contributed by atoms with E-state index in [2.05, 4.69) is 5.32 Å². The summed E-state index contributed by atoms with van der Waals surface area (Å²) in [7, 11) is 0. The molecule has 0 bridgehead atoms. The van der Waals surface area contributed by atoms with Crippen LogP contribution in [0.15, 0.2) is 18.2 Å². The fourth-order valence-corrected chi connectivity index (χ4v) is 2.47. The molecule has 1 aliphatic carbocycles. The highest BCUT2D eigenvalue weighted by molar-refractivity contribution is 5.39. The van der Waals surface area contributed by atoms with Crippen LogP contribution in [0.3, 0.4) is 0 Å². The van der Waals surface area contributed by atoms with Crippen LogP contribution in [-0.2, 0) is 12.7 Å². The number of rotatable bonds is 5. The van der Waals surface area contributed by atoms with Gasteiger partial charge < -0.3 is 10.1 Å². The largest absolute Gasteiger partial charge is 0.490 e. The first-order chi connectivity index (χ1) is 9.50. The molecule has 1 aromatic carbocycles. The van der Waals surface area contributed by atoms with E-state index in [0.29, 0.717) is 12.1 Å². The summed E-state index contributed by atoms with van der Waals surface area (Å²) in [4.78, 5) is 0. The molecule has 0 amide bonds. The zero-order valence-corrected chi connectivity index (χ0v) is 11.6. The molecular formula is C15H20F3NO. The zero-order valence-electron chi connectivity index (χ0n) is 11.6. The van der Waals surface area contributed by atoms with Crippen LogP contribution in [0.25, 0.3) is 0 Å². The van der Waals surface area contributed by atoms with Crippen LogP contribution in [0.5, 0.6) is 5.75 Å². The van der Waals surface area contributed by atoms with Gasteiger partial charge >= 0.3 is 6.18 Å². The molecule has 0 aliphatic heterocycles. The van der Waals surface area contributed by atoms with Gasteiger partial charge in [-0.15, -0.1) is 0 Å². The van der Waals surface area contributed by atoms with Crippen molar-refractivity contribution in [2.24, 2.45) is 0 Å². The summed E-state index contributed by atoms with van der Waals surface area (Å²) in [5, 5.41) is 3.03. The normalized spacial score (nSPS) is 16.6. The van der Waals surface area contributed by atoms with Gasteiger partial charge in [0, 0.05) is 6.54 Å². The fraction of sp³-hybridized carbons (Fsp3) is 0.600. The van der Waals surface area contributed by atoms with Crippen molar-refractivity contribution >= 4 is 0 Å². The van der Waals surface area contributed by atoms with Gasteiger partial charge in [0.25, 0.3) is 0 Å². The van der Waals surface area contributed by atoms with E-state index < -0.39 is 11.7 Å². The Balaban J connectivity index is 2.20. The molecule has 0 radical (unpaired) electrons. The molecule has 112 valence electrons. The lowest BCUT2D eigenvalue weighted by Gasteiger charge is -2.19. The van der Waals surface area contributed by atoms with Crippen LogP contribution >= 0.6 is 0 Å². The number of nitrogens with one attached hydrogen (secondary N) is 1. The van der Waals surface area contributed by atoms with E-state index in [1.54, 1.807) is 6.07 Å². The van der Waals surface area contributed by atoms with Gasteiger partial charge in [-0.3, -0.25) is 0 Å². The van der Waals surface area contributed by atoms with E-state index in [-0.39, 0.29) is 11.9 Å². The average Bonchev–Trinajstić information content (AvgIpc) is 2.89. The van der Waals surface area contributed by atoms with Gasteiger partial charge in [0.05, 0.1) is 11.7 Å². The molecule has 2 nitrogen and oxygen atoms in total. The molecule has 1 aromatic rings. The second kappa shape index (κ2) is 6.48. The summed E-state index contributed by atoms with van der Waals surface area (Å²) in [6.45, 7) is 3.08. The van der Waals surface area contributed by atoms with Crippen LogP contribution in [-0.4, -0.2) is 12.6 Å². The standard InChI is InChI=1S/C15H20F3NO/c1-2-19-10-11-7-8-14(13(9-11)15(16,17)18)20-12-5-3-4-6-12/h7-9,12,19H,2-6,10H2,1H3. The quantitative estimate of drug-likeness (QED) is 0.879. The molecule has 0 aromatic heterocycles. The predicted octanol–water partition coefficient (Wildman–Crippen LogP) is 4.14. The molecule has 0 atom stereocenters. The van der Waals surface area contributed by atoms with Gasteiger partial charge in [0.15, 0.2) is 0 Å². The van der Waals surface area contributed by atoms with Gasteiger partial charge in [0.2, 0.25) is 0 Å². The first-order valence-electron chi connectivity index (χ1n) is 7.08. The molecule has 0 unspecified atom stereocenters. The first-order valence-corrected chi connectivity index (χ1v) is 7.08. The van der Waals surface area contributed by atoms with E-state index in [1.165, 1.54) is 12.1 Å². The molecular weight excluding hydrogens is 267 g/mol. The third kappa shape index (κ3) is 3.88. The molecule has 0 heterocycles. The minimum absolute atomic E-state index is 0.0374. The molecule has 20 heavy (non-hydrogen) atoms. The van der Waals surface area contributed by atoms with Crippen molar-refractivity contribution in [3.05, 3.63) is 29.3 Å². The Morgan fingerprint density at radius 2 is 1.95 bits per heavy atom. The molecule has 1 N–H and O–H groups in total. The van der Waals surface area contributed by atoms with Crippen LogP contribution in [0.4, 0.5) is 13.2 Å². The highest BCUT2D eigenvalue weighted by Crippen LogP contribution is 2.38. The Morgan fingerprint density at radius 1 is 1.25 bits per heavy atom. The van der Waals surface area contributed by atoms with Crippen molar-refractivity contribution in [2.75, 3.05) is 6.54 Å². The van der Waals surface area contributed by atoms with Crippen molar-refractivity contribution in [2.45, 2.75) is 51.4 Å². The second-order valence-electron chi connectivity index (χ2n) is 5.13. The summed E-state index contributed by atoms with van der Waals surface area (Å²) in [5.41, 5.74) is -0.0437. The number of hydrogen-bond acceptors (Lipinski definition) is 2. The highest BCUT2D eigenvalue weighted by Gasteiger charge is 2.35. The summed E-state index contributed by atoms with van der Waals surface area (Å²) in [5.74, 6) is -0.0374. The van der Waals surface area contributed by atoms with Crippen LogP contribution < -0.4 is 10.1 Å². The van der Waals surface area contributed by atoms with Crippen molar-refractivity contribution < 1.29 is 17.9 Å². The Kier molecular flexibility index (Phi) is 4.91. The maximum absolute atomic E-state index is 13.1. The highest BCUT2D eigenvalue weighted by atomic mass is 19.4. The lowest BCUT2D eigenvalue weighted by Crippen LogP contribution is -2.17. The van der Waals surface area contributed by atoms with Gasteiger partial charge in [-0.2, -0.15) is 13.2 Å². The summed E-state index contributed by atoms with van der Waals surface area (Å²) < 4.78 is 44.9. The van der Waals surface area contributed by atoms with Crippen LogP contribution in [0.1, 0.15) is 43.7 Å². The smallest absolute Gasteiger partial charge is 0.419 e. The maximum atomic E-state index is 13.1. The third-order valence-electron chi connectivity index (χ3n) is 3.52. The van der Waals surface area contributed by atoms with E-state index in [1.807, 2.05) is 6.92 Å². The van der Waals surface area contributed by atoms with E-state index in [9.17, 15) is 13.2 Å². The van der Waals surface area contributed by atoms with Crippen molar-refractivity contribution in [1.29, 1.82) is 0 Å². The minimum Gasteiger partial charge on any atom is -0.490 e. The number of ether oxygens (including phenoxy) is 1. The summed E-state index contributed by atoms with van der Waals surface area (Å²) >= 11 is 0. The number of halogens is 3. The molecule has 2 rings (SSSR count). The summed E-state index contributed by atoms with van der Waals surface area (Å²) in [6, 6.07) is 4.34. The third-order valence-corrected chi connectivity index (χ3v) is 3.52. The van der Waals surface area contributed by atoms with Gasteiger partial charge in [-0.05, 0) is 49.9 Å². The molecule has 0 saturated heterocycles. The summed E-state index contributed by atoms with van der Waals surface area (Å²) in [6.07, 6.45) is -0.700.